The number of benzene rings is 1. The van der Waals surface area contributed by atoms with Crippen molar-refractivity contribution in [2.45, 2.75) is 12.2 Å². The Morgan fingerprint density at radius 1 is 1.50 bits per heavy atom. The molecule has 0 amide bonds. The predicted molar refractivity (Wildman–Crippen MR) is 63.4 cm³/mol. The molecular weight excluding hydrogens is 238 g/mol. The molecule has 0 radical (unpaired) electrons. The molecule has 0 saturated carbocycles. The summed E-state index contributed by atoms with van der Waals surface area (Å²) in [5.41, 5.74) is 15.0. The lowest BCUT2D eigenvalue weighted by molar-refractivity contribution is 0.0245. The second-order valence-corrected chi connectivity index (χ2v) is 3.70. The first-order valence-corrected chi connectivity index (χ1v) is 5.15. The van der Waals surface area contributed by atoms with Crippen LogP contribution in [0.3, 0.4) is 0 Å². The molecule has 8 nitrogen and oxygen atoms in total. The van der Waals surface area contributed by atoms with Gasteiger partial charge in [0.15, 0.2) is 5.58 Å². The van der Waals surface area contributed by atoms with Gasteiger partial charge in [0.1, 0.15) is 11.6 Å². The largest absolute Gasteiger partial charge is 0.424 e. The molecule has 0 aliphatic rings. The second-order valence-electron chi connectivity index (χ2n) is 3.70. The van der Waals surface area contributed by atoms with Crippen LogP contribution in [0.5, 0.6) is 0 Å². The zero-order chi connectivity index (χ0) is 13.1. The van der Waals surface area contributed by atoms with Gasteiger partial charge in [0, 0.05) is 4.91 Å². The van der Waals surface area contributed by atoms with E-state index in [1.54, 1.807) is 18.2 Å². The van der Waals surface area contributed by atoms with Gasteiger partial charge in [-0.2, -0.15) is 4.98 Å². The number of rotatable bonds is 4. The average molecular weight is 249 g/mol. The highest BCUT2D eigenvalue weighted by molar-refractivity contribution is 5.75. The third-order valence-corrected chi connectivity index (χ3v) is 2.47. The molecule has 0 aliphatic heterocycles. The number of azide groups is 1. The summed E-state index contributed by atoms with van der Waals surface area (Å²) < 4.78 is 5.08. The molecule has 1 aromatic carbocycles. The van der Waals surface area contributed by atoms with Crippen molar-refractivity contribution in [3.63, 3.8) is 0 Å². The minimum atomic E-state index is -1.18. The van der Waals surface area contributed by atoms with Gasteiger partial charge in [-0.15, -0.1) is 0 Å². The Labute approximate surface area is 101 Å². The second kappa shape index (κ2) is 4.92. The van der Waals surface area contributed by atoms with Gasteiger partial charge < -0.3 is 20.4 Å². The Morgan fingerprint density at radius 2 is 2.28 bits per heavy atom. The Morgan fingerprint density at radius 3 is 3.00 bits per heavy atom. The van der Waals surface area contributed by atoms with Crippen LogP contribution in [0.2, 0.25) is 0 Å². The van der Waals surface area contributed by atoms with Crippen molar-refractivity contribution in [1.82, 2.24) is 4.98 Å². The maximum absolute atomic E-state index is 9.86. The Bertz CT molecular complexity index is 605. The van der Waals surface area contributed by atoms with Gasteiger partial charge >= 0.3 is 0 Å². The lowest BCUT2D eigenvalue weighted by atomic mass is 10.0. The smallest absolute Gasteiger partial charge is 0.292 e. The molecular formula is C10H11N5O3. The van der Waals surface area contributed by atoms with Crippen LogP contribution in [0.25, 0.3) is 21.5 Å². The van der Waals surface area contributed by atoms with Crippen LogP contribution in [-0.4, -0.2) is 27.8 Å². The standard InChI is InChI=1S/C10H11N5O3/c11-10-14-6-3-5(1-2-8(6)18-10)9(17)7(16)4-13-15-12/h1-3,7,9,16-17H,4H2,(H2,11,14). The van der Waals surface area contributed by atoms with Gasteiger partial charge in [-0.1, -0.05) is 11.2 Å². The van der Waals surface area contributed by atoms with E-state index in [4.69, 9.17) is 15.7 Å². The van der Waals surface area contributed by atoms with Gasteiger partial charge in [0.05, 0.1) is 12.6 Å². The van der Waals surface area contributed by atoms with E-state index in [1.807, 2.05) is 0 Å². The van der Waals surface area contributed by atoms with Crippen LogP contribution >= 0.6 is 0 Å². The normalized spacial score (nSPS) is 14.1. The first-order valence-electron chi connectivity index (χ1n) is 5.15. The minimum Gasteiger partial charge on any atom is -0.424 e. The third-order valence-electron chi connectivity index (χ3n) is 2.47. The number of hydrogen-bond donors (Lipinski definition) is 3. The molecule has 18 heavy (non-hydrogen) atoms. The summed E-state index contributed by atoms with van der Waals surface area (Å²) in [4.78, 5) is 6.43. The maximum Gasteiger partial charge on any atom is 0.292 e. The number of nitrogen functional groups attached to an aromatic ring is 1. The molecule has 2 rings (SSSR count). The Hall–Kier alpha value is -2.28. The fourth-order valence-corrected chi connectivity index (χ4v) is 1.59. The lowest BCUT2D eigenvalue weighted by Gasteiger charge is -2.15. The molecule has 2 unspecified atom stereocenters. The number of aliphatic hydroxyl groups excluding tert-OH is 2. The van der Waals surface area contributed by atoms with E-state index < -0.39 is 12.2 Å². The van der Waals surface area contributed by atoms with Crippen LogP contribution in [0.1, 0.15) is 11.7 Å². The third kappa shape index (κ3) is 2.35. The number of aliphatic hydroxyl groups is 2. The monoisotopic (exact) mass is 249 g/mol. The number of fused-ring (bicyclic) bond motifs is 1. The van der Waals surface area contributed by atoms with Crippen molar-refractivity contribution in [2.75, 3.05) is 12.3 Å². The zero-order valence-electron chi connectivity index (χ0n) is 9.26. The van der Waals surface area contributed by atoms with Gasteiger partial charge in [-0.3, -0.25) is 0 Å². The van der Waals surface area contributed by atoms with E-state index in [2.05, 4.69) is 15.0 Å². The van der Waals surface area contributed by atoms with E-state index in [1.165, 1.54) is 0 Å². The average Bonchev–Trinajstić information content (AvgIpc) is 2.73. The summed E-state index contributed by atoms with van der Waals surface area (Å²) in [6, 6.07) is 4.76. The zero-order valence-corrected chi connectivity index (χ0v) is 9.26. The molecule has 1 heterocycles. The summed E-state index contributed by atoms with van der Waals surface area (Å²) in [7, 11) is 0. The quantitative estimate of drug-likeness (QED) is 0.422. The molecule has 0 fully saturated rings. The highest BCUT2D eigenvalue weighted by Gasteiger charge is 2.18. The number of anilines is 1. The number of hydrogen-bond acceptors (Lipinski definition) is 6. The minimum absolute atomic E-state index is 0.0336. The van der Waals surface area contributed by atoms with Gasteiger partial charge in [-0.25, -0.2) is 0 Å². The number of nitrogens with two attached hydrogens (primary N) is 1. The fourth-order valence-electron chi connectivity index (χ4n) is 1.59. The van der Waals surface area contributed by atoms with Crippen molar-refractivity contribution in [1.29, 1.82) is 0 Å². The number of oxazole rings is 1. The molecule has 1 aromatic heterocycles. The van der Waals surface area contributed by atoms with Crippen LogP contribution < -0.4 is 5.73 Å². The van der Waals surface area contributed by atoms with Crippen LogP contribution in [0.4, 0.5) is 6.01 Å². The first-order chi connectivity index (χ1) is 8.61. The number of aromatic nitrogens is 1. The summed E-state index contributed by atoms with van der Waals surface area (Å²) >= 11 is 0. The Kier molecular flexibility index (Phi) is 3.33. The molecule has 2 atom stereocenters. The summed E-state index contributed by atoms with van der Waals surface area (Å²) in [5, 5.41) is 22.7. The van der Waals surface area contributed by atoms with Crippen molar-refractivity contribution in [3.8, 4) is 0 Å². The molecule has 8 heteroatoms. The van der Waals surface area contributed by atoms with Crippen LogP contribution in [0, 0.1) is 0 Å². The van der Waals surface area contributed by atoms with Gasteiger partial charge in [-0.05, 0) is 23.2 Å². The fraction of sp³-hybridized carbons (Fsp3) is 0.300. The van der Waals surface area contributed by atoms with Crippen molar-refractivity contribution in [3.05, 3.63) is 34.2 Å². The summed E-state index contributed by atoms with van der Waals surface area (Å²) in [5.74, 6) is 0. The van der Waals surface area contributed by atoms with E-state index >= 15 is 0 Å². The molecule has 0 saturated heterocycles. The molecule has 0 bridgehead atoms. The topological polar surface area (TPSA) is 141 Å². The highest BCUT2D eigenvalue weighted by Crippen LogP contribution is 2.23. The molecule has 4 N–H and O–H groups in total. The molecule has 2 aromatic rings. The van der Waals surface area contributed by atoms with Crippen LogP contribution in [-0.2, 0) is 0 Å². The highest BCUT2D eigenvalue weighted by atomic mass is 16.4. The Balaban J connectivity index is 2.26. The molecule has 94 valence electrons. The van der Waals surface area contributed by atoms with Crippen molar-refractivity contribution < 1.29 is 14.6 Å². The SMILES string of the molecule is [N-]=[N+]=NCC(O)C(O)c1ccc2oc(N)nc2c1. The summed E-state index contributed by atoms with van der Waals surface area (Å²) in [6.45, 7) is -0.212. The van der Waals surface area contributed by atoms with Gasteiger partial charge in [0.25, 0.3) is 6.01 Å². The maximum atomic E-state index is 9.86. The van der Waals surface area contributed by atoms with E-state index in [9.17, 15) is 10.2 Å². The van der Waals surface area contributed by atoms with E-state index in [0.717, 1.165) is 0 Å². The lowest BCUT2D eigenvalue weighted by Crippen LogP contribution is -2.21. The van der Waals surface area contributed by atoms with Gasteiger partial charge in [0.2, 0.25) is 0 Å². The van der Waals surface area contributed by atoms with E-state index in [0.29, 0.717) is 16.7 Å². The van der Waals surface area contributed by atoms with Crippen molar-refractivity contribution >= 4 is 17.1 Å². The van der Waals surface area contributed by atoms with E-state index in [-0.39, 0.29) is 12.6 Å². The number of nitrogens with zero attached hydrogens (tertiary/aromatic N) is 4. The molecule has 0 aliphatic carbocycles. The first kappa shape index (κ1) is 12.2. The summed E-state index contributed by atoms with van der Waals surface area (Å²) in [6.07, 6.45) is -2.35. The van der Waals surface area contributed by atoms with Crippen molar-refractivity contribution in [2.24, 2.45) is 5.11 Å². The van der Waals surface area contributed by atoms with Crippen LogP contribution in [0.15, 0.2) is 27.7 Å². The predicted octanol–water partition coefficient (Wildman–Crippen LogP) is 1.11. The molecule has 0 spiro atoms.